The quantitative estimate of drug-likeness (QED) is 0.786. The smallest absolute Gasteiger partial charge is 0.153 e. The van der Waals surface area contributed by atoms with E-state index in [0.717, 1.165) is 25.1 Å². The van der Waals surface area contributed by atoms with E-state index in [1.54, 1.807) is 6.92 Å². The number of anilines is 1. The van der Waals surface area contributed by atoms with Gasteiger partial charge < -0.3 is 4.90 Å². The zero-order chi connectivity index (χ0) is 14.3. The highest BCUT2D eigenvalue weighted by Crippen LogP contribution is 2.43. The molecule has 1 saturated carbocycles. The third kappa shape index (κ3) is 2.05. The third-order valence-electron chi connectivity index (χ3n) is 4.77. The number of piperidine rings is 1. The summed E-state index contributed by atoms with van der Waals surface area (Å²) in [5.74, 6) is 0.185. The fourth-order valence-corrected chi connectivity index (χ4v) is 3.72. The molecule has 1 aliphatic heterocycles. The monoisotopic (exact) mass is 291 g/mol. The number of carbonyl (C=O) groups excluding carboxylic acids is 2. The van der Waals surface area contributed by atoms with Crippen LogP contribution in [0.2, 0.25) is 5.02 Å². The minimum Gasteiger partial charge on any atom is -0.369 e. The van der Waals surface area contributed by atoms with Crippen LogP contribution >= 0.6 is 11.6 Å². The van der Waals surface area contributed by atoms with Gasteiger partial charge in [-0.2, -0.15) is 0 Å². The zero-order valence-electron chi connectivity index (χ0n) is 11.6. The lowest BCUT2D eigenvalue weighted by Gasteiger charge is -2.47. The van der Waals surface area contributed by atoms with E-state index in [2.05, 4.69) is 4.90 Å². The lowest BCUT2D eigenvalue weighted by molar-refractivity contribution is -0.146. The Morgan fingerprint density at radius 3 is 2.70 bits per heavy atom. The summed E-state index contributed by atoms with van der Waals surface area (Å²) < 4.78 is 0. The van der Waals surface area contributed by atoms with Gasteiger partial charge in [0.25, 0.3) is 0 Å². The predicted molar refractivity (Wildman–Crippen MR) is 79.1 cm³/mol. The number of halogens is 1. The Kier molecular flexibility index (Phi) is 3.33. The number of nitrogens with zero attached hydrogens (tertiary/aromatic N) is 1. The summed E-state index contributed by atoms with van der Waals surface area (Å²) >= 11 is 5.92. The molecule has 4 heteroatoms. The second kappa shape index (κ2) is 4.88. The summed E-state index contributed by atoms with van der Waals surface area (Å²) in [4.78, 5) is 26.8. The Labute approximate surface area is 123 Å². The van der Waals surface area contributed by atoms with Crippen molar-refractivity contribution in [2.24, 2.45) is 11.3 Å². The lowest BCUT2D eigenvalue weighted by atomic mass is 9.63. The van der Waals surface area contributed by atoms with Crippen molar-refractivity contribution in [3.8, 4) is 0 Å². The van der Waals surface area contributed by atoms with Crippen molar-refractivity contribution in [2.45, 2.75) is 26.2 Å². The second-order valence-corrected chi connectivity index (χ2v) is 6.39. The maximum atomic E-state index is 12.5. The van der Waals surface area contributed by atoms with E-state index >= 15 is 0 Å². The summed E-state index contributed by atoms with van der Waals surface area (Å²) in [6.45, 7) is 2.79. The number of hydrogen-bond acceptors (Lipinski definition) is 3. The first-order chi connectivity index (χ1) is 9.53. The largest absolute Gasteiger partial charge is 0.369 e. The minimum absolute atomic E-state index is 0.00271. The highest BCUT2D eigenvalue weighted by atomic mass is 35.5. The van der Waals surface area contributed by atoms with E-state index in [1.807, 2.05) is 24.3 Å². The van der Waals surface area contributed by atoms with E-state index in [9.17, 15) is 9.59 Å². The number of benzene rings is 1. The molecule has 1 aromatic rings. The lowest BCUT2D eigenvalue weighted by Crippen LogP contribution is -2.59. The summed E-state index contributed by atoms with van der Waals surface area (Å²) in [7, 11) is 0. The SMILES string of the molecule is CC(=O)[C@@]12CCC[C@@H](CN(c3ccc(Cl)cc3)C1)C2=O. The van der Waals surface area contributed by atoms with Gasteiger partial charge in [0.15, 0.2) is 5.78 Å². The molecule has 2 fully saturated rings. The van der Waals surface area contributed by atoms with Gasteiger partial charge in [-0.05, 0) is 44.0 Å². The van der Waals surface area contributed by atoms with Gasteiger partial charge >= 0.3 is 0 Å². The van der Waals surface area contributed by atoms with E-state index in [1.165, 1.54) is 0 Å². The van der Waals surface area contributed by atoms with E-state index in [-0.39, 0.29) is 17.5 Å². The zero-order valence-corrected chi connectivity index (χ0v) is 12.3. The first-order valence-corrected chi connectivity index (χ1v) is 7.46. The summed E-state index contributed by atoms with van der Waals surface area (Å²) in [6.07, 6.45) is 2.57. The van der Waals surface area contributed by atoms with Crippen LogP contribution in [-0.2, 0) is 9.59 Å². The van der Waals surface area contributed by atoms with Crippen LogP contribution in [0.5, 0.6) is 0 Å². The van der Waals surface area contributed by atoms with Crippen LogP contribution in [0.25, 0.3) is 0 Å². The van der Waals surface area contributed by atoms with E-state index in [4.69, 9.17) is 11.6 Å². The number of rotatable bonds is 2. The van der Waals surface area contributed by atoms with Gasteiger partial charge in [-0.15, -0.1) is 0 Å². The molecule has 1 aliphatic carbocycles. The molecule has 0 aromatic heterocycles. The van der Waals surface area contributed by atoms with Gasteiger partial charge in [0.2, 0.25) is 0 Å². The molecule has 0 unspecified atom stereocenters. The van der Waals surface area contributed by atoms with Crippen LogP contribution in [-0.4, -0.2) is 24.7 Å². The molecule has 2 atom stereocenters. The third-order valence-corrected chi connectivity index (χ3v) is 5.02. The van der Waals surface area contributed by atoms with Crippen molar-refractivity contribution < 1.29 is 9.59 Å². The Morgan fingerprint density at radius 1 is 1.35 bits per heavy atom. The molecule has 1 aromatic carbocycles. The maximum absolute atomic E-state index is 12.5. The van der Waals surface area contributed by atoms with Crippen LogP contribution < -0.4 is 4.90 Å². The fraction of sp³-hybridized carbons (Fsp3) is 0.500. The topological polar surface area (TPSA) is 37.4 Å². The number of hydrogen-bond donors (Lipinski definition) is 0. The van der Waals surface area contributed by atoms with Crippen LogP contribution in [0.3, 0.4) is 0 Å². The molecule has 20 heavy (non-hydrogen) atoms. The highest BCUT2D eigenvalue weighted by Gasteiger charge is 2.52. The molecule has 0 spiro atoms. The number of ketones is 2. The van der Waals surface area contributed by atoms with Crippen molar-refractivity contribution in [3.05, 3.63) is 29.3 Å². The second-order valence-electron chi connectivity index (χ2n) is 5.95. The van der Waals surface area contributed by atoms with Gasteiger partial charge in [-0.1, -0.05) is 18.0 Å². The average molecular weight is 292 g/mol. The molecular weight excluding hydrogens is 274 g/mol. The molecule has 0 amide bonds. The van der Waals surface area contributed by atoms with E-state index < -0.39 is 5.41 Å². The Balaban J connectivity index is 1.95. The molecule has 1 saturated heterocycles. The van der Waals surface area contributed by atoms with E-state index in [0.29, 0.717) is 18.0 Å². The minimum atomic E-state index is -0.777. The van der Waals surface area contributed by atoms with Crippen molar-refractivity contribution in [3.63, 3.8) is 0 Å². The van der Waals surface area contributed by atoms with Gasteiger partial charge in [0, 0.05) is 29.7 Å². The van der Waals surface area contributed by atoms with Gasteiger partial charge in [0.05, 0.1) is 0 Å². The Hall–Kier alpha value is -1.35. The Morgan fingerprint density at radius 2 is 2.05 bits per heavy atom. The summed E-state index contributed by atoms with van der Waals surface area (Å²) in [6, 6.07) is 7.62. The number of fused-ring (bicyclic) bond motifs is 2. The fourth-order valence-electron chi connectivity index (χ4n) is 3.59. The Bertz CT molecular complexity index is 554. The van der Waals surface area contributed by atoms with Crippen molar-refractivity contribution >= 4 is 28.9 Å². The molecule has 3 rings (SSSR count). The average Bonchev–Trinajstić information content (AvgIpc) is 2.39. The molecule has 0 radical (unpaired) electrons. The van der Waals surface area contributed by atoms with Crippen LogP contribution in [0.15, 0.2) is 24.3 Å². The highest BCUT2D eigenvalue weighted by molar-refractivity contribution is 6.30. The van der Waals surface area contributed by atoms with Crippen LogP contribution in [0.4, 0.5) is 5.69 Å². The molecule has 2 bridgehead atoms. The summed E-state index contributed by atoms with van der Waals surface area (Å²) in [5, 5.41) is 0.698. The van der Waals surface area contributed by atoms with Gasteiger partial charge in [0.1, 0.15) is 11.2 Å². The number of Topliss-reactive ketones (excluding diaryl/α,β-unsaturated/α-hetero) is 2. The predicted octanol–water partition coefficient (Wildman–Crippen LogP) is 3.10. The van der Waals surface area contributed by atoms with Gasteiger partial charge in [-0.25, -0.2) is 0 Å². The van der Waals surface area contributed by atoms with Crippen molar-refractivity contribution in [1.82, 2.24) is 0 Å². The normalized spacial score (nSPS) is 29.4. The maximum Gasteiger partial charge on any atom is 0.153 e. The van der Waals surface area contributed by atoms with Gasteiger partial charge in [-0.3, -0.25) is 9.59 Å². The first-order valence-electron chi connectivity index (χ1n) is 7.09. The van der Waals surface area contributed by atoms with Crippen molar-refractivity contribution in [1.29, 1.82) is 0 Å². The molecule has 0 N–H and O–H groups in total. The molecule has 2 aliphatic rings. The standard InChI is InChI=1S/C16H18ClNO2/c1-11(19)16-8-2-3-12(15(16)20)9-18(10-16)14-6-4-13(17)5-7-14/h4-7,12H,2-3,8-10H2,1H3/t12-,16+/m0/s1. The van der Waals surface area contributed by atoms with Crippen molar-refractivity contribution in [2.75, 3.05) is 18.0 Å². The van der Waals surface area contributed by atoms with Crippen LogP contribution in [0.1, 0.15) is 26.2 Å². The molecule has 106 valence electrons. The molecule has 1 heterocycles. The molecule has 3 nitrogen and oxygen atoms in total. The molecular formula is C16H18ClNO2. The number of carbonyl (C=O) groups is 2. The first kappa shape index (κ1) is 13.6. The summed E-state index contributed by atoms with van der Waals surface area (Å²) in [5.41, 5.74) is 0.264. The van der Waals surface area contributed by atoms with Crippen LogP contribution in [0, 0.1) is 11.3 Å².